The summed E-state index contributed by atoms with van der Waals surface area (Å²) in [6, 6.07) is 5.80. The Hall–Kier alpha value is -2.97. The first-order valence-electron chi connectivity index (χ1n) is 12.3. The molecule has 186 valence electrons. The van der Waals surface area contributed by atoms with Crippen molar-refractivity contribution in [1.29, 1.82) is 0 Å². The summed E-state index contributed by atoms with van der Waals surface area (Å²) < 4.78 is 14.1. The minimum atomic E-state index is -0.543. The van der Waals surface area contributed by atoms with Crippen molar-refractivity contribution in [2.75, 3.05) is 31.9 Å². The lowest BCUT2D eigenvalue weighted by Crippen LogP contribution is -2.40. The maximum atomic E-state index is 12.8. The van der Waals surface area contributed by atoms with Crippen molar-refractivity contribution in [3.05, 3.63) is 18.2 Å². The van der Waals surface area contributed by atoms with Gasteiger partial charge in [0, 0.05) is 45.9 Å². The average molecular weight is 472 g/mol. The molecule has 9 heteroatoms. The number of amides is 2. The number of rotatable bonds is 3. The highest BCUT2D eigenvalue weighted by Crippen LogP contribution is 2.35. The Balaban J connectivity index is 1.59. The molecule has 1 atom stereocenters. The lowest BCUT2D eigenvalue weighted by molar-refractivity contribution is -0.130. The second-order valence-electron chi connectivity index (χ2n) is 10.4. The second-order valence-corrected chi connectivity index (χ2v) is 10.4. The number of carbonyl (C=O) groups is 2. The van der Waals surface area contributed by atoms with Crippen LogP contribution in [0, 0.1) is 0 Å². The fraction of sp³-hybridized carbons (Fsp3) is 0.640. The van der Waals surface area contributed by atoms with Gasteiger partial charge >= 0.3 is 6.09 Å². The van der Waals surface area contributed by atoms with Gasteiger partial charge in [-0.2, -0.15) is 0 Å². The van der Waals surface area contributed by atoms with E-state index in [1.54, 1.807) is 11.8 Å². The number of piperidine rings is 1. The van der Waals surface area contributed by atoms with Gasteiger partial charge in [0.05, 0.1) is 11.6 Å². The highest BCUT2D eigenvalue weighted by molar-refractivity contribution is 5.85. The van der Waals surface area contributed by atoms with Crippen molar-refractivity contribution < 1.29 is 19.1 Å². The van der Waals surface area contributed by atoms with Crippen LogP contribution in [0.25, 0.3) is 11.0 Å². The highest BCUT2D eigenvalue weighted by Gasteiger charge is 2.30. The number of nitrogens with two attached hydrogens (primary N) is 1. The molecule has 2 fully saturated rings. The topological polar surface area (TPSA) is 103 Å². The standard InChI is InChI=1S/C25H37N5O4/c1-17(31)28-14-11-19(12-15-28)33-21-10-7-9-20-22(21)30(23(26)27-20)18-8-5-6-13-29(16-18)24(32)34-25(2,3)4/h7,9-10,18-19H,5-6,8,11-16H2,1-4H3,(H2,26,27)/t18-/m1/s1. The molecule has 0 unspecified atom stereocenters. The first-order chi connectivity index (χ1) is 16.1. The van der Waals surface area contributed by atoms with E-state index >= 15 is 0 Å². The predicted octanol–water partition coefficient (Wildman–Crippen LogP) is 3.97. The molecule has 2 saturated heterocycles. The van der Waals surface area contributed by atoms with E-state index in [0.29, 0.717) is 32.1 Å². The number of hydrogen-bond donors (Lipinski definition) is 1. The normalized spacial score (nSPS) is 20.3. The smallest absolute Gasteiger partial charge is 0.410 e. The van der Waals surface area contributed by atoms with Gasteiger partial charge in [-0.05, 0) is 52.2 Å². The molecule has 9 nitrogen and oxygen atoms in total. The van der Waals surface area contributed by atoms with E-state index in [1.807, 2.05) is 48.4 Å². The Kier molecular flexibility index (Phi) is 6.91. The number of nitrogen functional groups attached to an aromatic ring is 1. The molecule has 0 radical (unpaired) electrons. The van der Waals surface area contributed by atoms with Crippen LogP contribution in [0.15, 0.2) is 18.2 Å². The average Bonchev–Trinajstić information content (AvgIpc) is 2.93. The van der Waals surface area contributed by atoms with Crippen molar-refractivity contribution >= 4 is 29.0 Å². The van der Waals surface area contributed by atoms with E-state index in [2.05, 4.69) is 4.98 Å². The lowest BCUT2D eigenvalue weighted by atomic mass is 10.1. The van der Waals surface area contributed by atoms with Crippen LogP contribution < -0.4 is 10.5 Å². The molecule has 1 aromatic carbocycles. The van der Waals surface area contributed by atoms with Crippen LogP contribution in [0.3, 0.4) is 0 Å². The maximum Gasteiger partial charge on any atom is 0.410 e. The summed E-state index contributed by atoms with van der Waals surface area (Å²) in [7, 11) is 0. The van der Waals surface area contributed by atoms with Crippen molar-refractivity contribution in [3.8, 4) is 5.75 Å². The molecule has 1 aromatic heterocycles. The largest absolute Gasteiger partial charge is 0.488 e. The van der Waals surface area contributed by atoms with Crippen LogP contribution in [0.1, 0.15) is 65.8 Å². The number of aromatic nitrogens is 2. The minimum absolute atomic E-state index is 0.0238. The second kappa shape index (κ2) is 9.72. The van der Waals surface area contributed by atoms with Crippen molar-refractivity contribution in [3.63, 3.8) is 0 Å². The van der Waals surface area contributed by atoms with E-state index < -0.39 is 5.60 Å². The summed E-state index contributed by atoms with van der Waals surface area (Å²) in [4.78, 5) is 32.7. The van der Waals surface area contributed by atoms with Crippen LogP contribution in [0.5, 0.6) is 5.75 Å². The fourth-order valence-corrected chi connectivity index (χ4v) is 4.89. The zero-order valence-electron chi connectivity index (χ0n) is 20.7. The van der Waals surface area contributed by atoms with Gasteiger partial charge in [-0.15, -0.1) is 0 Å². The van der Waals surface area contributed by atoms with Gasteiger partial charge in [0.2, 0.25) is 11.9 Å². The highest BCUT2D eigenvalue weighted by atomic mass is 16.6. The Morgan fingerprint density at radius 3 is 2.47 bits per heavy atom. The molecular weight excluding hydrogens is 434 g/mol. The molecule has 2 N–H and O–H groups in total. The van der Waals surface area contributed by atoms with Gasteiger partial charge in [0.15, 0.2) is 0 Å². The maximum absolute atomic E-state index is 12.8. The van der Waals surface area contributed by atoms with Crippen LogP contribution in [-0.4, -0.2) is 69.2 Å². The molecule has 0 saturated carbocycles. The van der Waals surface area contributed by atoms with E-state index in [-0.39, 0.29) is 24.1 Å². The Labute approximate surface area is 201 Å². The van der Waals surface area contributed by atoms with Crippen molar-refractivity contribution in [2.45, 2.75) is 77.5 Å². The number of fused-ring (bicyclic) bond motifs is 1. The van der Waals surface area contributed by atoms with Crippen LogP contribution in [0.4, 0.5) is 10.7 Å². The number of ether oxygens (including phenoxy) is 2. The third-order valence-corrected chi connectivity index (χ3v) is 6.54. The molecule has 2 amide bonds. The number of likely N-dealkylation sites (tertiary alicyclic amines) is 2. The summed E-state index contributed by atoms with van der Waals surface area (Å²) >= 11 is 0. The SMILES string of the molecule is CC(=O)N1CCC(Oc2cccc3nc(N)n([C@@H]4CCCCN(C(=O)OC(C)(C)C)C4)c23)CC1. The zero-order valence-corrected chi connectivity index (χ0v) is 20.7. The van der Waals surface area contributed by atoms with Crippen LogP contribution >= 0.6 is 0 Å². The summed E-state index contributed by atoms with van der Waals surface area (Å²) in [6.45, 7) is 9.82. The molecule has 3 heterocycles. The molecule has 0 spiro atoms. The number of nitrogens with zero attached hydrogens (tertiary/aromatic N) is 4. The van der Waals surface area contributed by atoms with Gasteiger partial charge in [-0.1, -0.05) is 6.07 Å². The predicted molar refractivity (Wildman–Crippen MR) is 131 cm³/mol. The Bertz CT molecular complexity index is 1040. The number of anilines is 1. The van der Waals surface area contributed by atoms with Crippen molar-refractivity contribution in [1.82, 2.24) is 19.4 Å². The fourth-order valence-electron chi connectivity index (χ4n) is 4.89. The number of hydrogen-bond acceptors (Lipinski definition) is 6. The van der Waals surface area contributed by atoms with Crippen LogP contribution in [0.2, 0.25) is 0 Å². The van der Waals surface area contributed by atoms with E-state index in [1.165, 1.54) is 0 Å². The van der Waals surface area contributed by atoms with E-state index in [4.69, 9.17) is 15.2 Å². The minimum Gasteiger partial charge on any atom is -0.488 e. The van der Waals surface area contributed by atoms with E-state index in [0.717, 1.165) is 48.9 Å². The van der Waals surface area contributed by atoms with Gasteiger partial charge < -0.3 is 29.6 Å². The quantitative estimate of drug-likeness (QED) is 0.727. The van der Waals surface area contributed by atoms with Gasteiger partial charge in [-0.25, -0.2) is 9.78 Å². The van der Waals surface area contributed by atoms with Crippen molar-refractivity contribution in [2.24, 2.45) is 0 Å². The molecule has 2 aromatic rings. The van der Waals surface area contributed by atoms with Gasteiger partial charge in [0.1, 0.15) is 23.0 Å². The van der Waals surface area contributed by atoms with E-state index in [9.17, 15) is 9.59 Å². The van der Waals surface area contributed by atoms with Gasteiger partial charge in [0.25, 0.3) is 0 Å². The molecule has 2 aliphatic heterocycles. The molecule has 2 aliphatic rings. The lowest BCUT2D eigenvalue weighted by Gasteiger charge is -2.32. The third kappa shape index (κ3) is 5.39. The Morgan fingerprint density at radius 1 is 1.06 bits per heavy atom. The van der Waals surface area contributed by atoms with Crippen LogP contribution in [-0.2, 0) is 9.53 Å². The molecule has 34 heavy (non-hydrogen) atoms. The summed E-state index contributed by atoms with van der Waals surface area (Å²) in [5.41, 5.74) is 7.53. The molecule has 0 aliphatic carbocycles. The molecule has 4 rings (SSSR count). The summed E-state index contributed by atoms with van der Waals surface area (Å²) in [6.07, 6.45) is 4.09. The number of imidazole rings is 1. The molecule has 0 bridgehead atoms. The number of benzene rings is 1. The zero-order chi connectivity index (χ0) is 24.5. The summed E-state index contributed by atoms with van der Waals surface area (Å²) in [5, 5.41) is 0. The number of carbonyl (C=O) groups excluding carboxylic acids is 2. The summed E-state index contributed by atoms with van der Waals surface area (Å²) in [5.74, 6) is 1.28. The Morgan fingerprint density at radius 2 is 1.79 bits per heavy atom. The monoisotopic (exact) mass is 471 g/mol. The third-order valence-electron chi connectivity index (χ3n) is 6.54. The molecular formula is C25H37N5O4. The van der Waals surface area contributed by atoms with Gasteiger partial charge in [-0.3, -0.25) is 4.79 Å². The first-order valence-corrected chi connectivity index (χ1v) is 12.3. The first kappa shape index (κ1) is 24.2. The number of para-hydroxylation sites is 1.